The Morgan fingerprint density at radius 3 is 2.24 bits per heavy atom. The highest BCUT2D eigenvalue weighted by atomic mass is 79.9. The molecule has 29 heavy (non-hydrogen) atoms. The molecule has 2 aromatic carbocycles. The van der Waals surface area contributed by atoms with Gasteiger partial charge < -0.3 is 14.8 Å². The number of rotatable bonds is 8. The second-order valence-corrected chi connectivity index (χ2v) is 8.88. The summed E-state index contributed by atoms with van der Waals surface area (Å²) in [6.45, 7) is 12.5. The summed E-state index contributed by atoms with van der Waals surface area (Å²) in [5, 5.41) is 3.04. The third kappa shape index (κ3) is 5.99. The van der Waals surface area contributed by atoms with Gasteiger partial charge in [-0.3, -0.25) is 4.79 Å². The van der Waals surface area contributed by atoms with E-state index in [-0.39, 0.29) is 18.6 Å². The molecule has 0 aliphatic heterocycles. The molecular weight excluding hydrogens is 430 g/mol. The second-order valence-electron chi connectivity index (χ2n) is 8.03. The lowest BCUT2D eigenvalue weighted by Gasteiger charge is -2.21. The third-order valence-corrected chi connectivity index (χ3v) is 5.69. The van der Waals surface area contributed by atoms with E-state index in [2.05, 4.69) is 55.0 Å². The van der Waals surface area contributed by atoms with Crippen molar-refractivity contribution in [1.29, 1.82) is 0 Å². The Hall–Kier alpha value is -2.01. The minimum atomic E-state index is -0.154. The van der Waals surface area contributed by atoms with Crippen LogP contribution in [0.4, 0.5) is 0 Å². The summed E-state index contributed by atoms with van der Waals surface area (Å²) in [5.41, 5.74) is 4.54. The van der Waals surface area contributed by atoms with Crippen molar-refractivity contribution in [2.45, 2.75) is 59.4 Å². The van der Waals surface area contributed by atoms with Crippen LogP contribution in [0.15, 0.2) is 34.8 Å². The molecule has 0 aromatic heterocycles. The average molecular weight is 462 g/mol. The fourth-order valence-electron chi connectivity index (χ4n) is 3.31. The zero-order valence-electron chi connectivity index (χ0n) is 18.4. The number of halogens is 1. The molecule has 4 nitrogen and oxygen atoms in total. The normalized spacial score (nSPS) is 12.2. The topological polar surface area (TPSA) is 47.6 Å². The van der Waals surface area contributed by atoms with Gasteiger partial charge in [0.1, 0.15) is 11.5 Å². The standard InChI is InChI=1S/C24H32BrNO3/c1-14(2)18-8-9-22(21(25)11-18)29-13-24(27)26-17(6)20-12-19(15(3)4)23(28-7)10-16(20)5/h8-12,14-15,17H,13H2,1-7H3,(H,26,27)/t17-/m0/s1. The maximum Gasteiger partial charge on any atom is 0.258 e. The number of benzene rings is 2. The van der Waals surface area contributed by atoms with Crippen molar-refractivity contribution in [2.24, 2.45) is 0 Å². The second kappa shape index (κ2) is 10.1. The lowest BCUT2D eigenvalue weighted by atomic mass is 9.93. The van der Waals surface area contributed by atoms with Crippen LogP contribution < -0.4 is 14.8 Å². The van der Waals surface area contributed by atoms with Gasteiger partial charge in [-0.2, -0.15) is 0 Å². The van der Waals surface area contributed by atoms with E-state index in [1.165, 1.54) is 5.56 Å². The Bertz CT molecular complexity index is 861. The number of ether oxygens (including phenoxy) is 2. The number of methoxy groups -OCH3 is 1. The van der Waals surface area contributed by atoms with Crippen molar-refractivity contribution < 1.29 is 14.3 Å². The number of hydrogen-bond donors (Lipinski definition) is 1. The summed E-state index contributed by atoms with van der Waals surface area (Å²) in [5.74, 6) is 2.17. The molecule has 0 fully saturated rings. The Morgan fingerprint density at radius 1 is 1.00 bits per heavy atom. The van der Waals surface area contributed by atoms with Crippen LogP contribution in [-0.2, 0) is 4.79 Å². The van der Waals surface area contributed by atoms with Gasteiger partial charge >= 0.3 is 0 Å². The van der Waals surface area contributed by atoms with Crippen molar-refractivity contribution in [3.8, 4) is 11.5 Å². The zero-order chi connectivity index (χ0) is 21.7. The maximum absolute atomic E-state index is 12.5. The van der Waals surface area contributed by atoms with Crippen LogP contribution in [-0.4, -0.2) is 19.6 Å². The van der Waals surface area contributed by atoms with E-state index in [1.807, 2.05) is 38.1 Å². The van der Waals surface area contributed by atoms with Crippen molar-refractivity contribution in [2.75, 3.05) is 13.7 Å². The molecule has 1 N–H and O–H groups in total. The quantitative estimate of drug-likeness (QED) is 0.503. The van der Waals surface area contributed by atoms with E-state index in [0.717, 1.165) is 26.9 Å². The average Bonchev–Trinajstić information content (AvgIpc) is 2.66. The van der Waals surface area contributed by atoms with E-state index in [4.69, 9.17) is 9.47 Å². The van der Waals surface area contributed by atoms with Crippen molar-refractivity contribution >= 4 is 21.8 Å². The molecule has 158 valence electrons. The first-order valence-electron chi connectivity index (χ1n) is 10.0. The minimum Gasteiger partial charge on any atom is -0.496 e. The van der Waals surface area contributed by atoms with E-state index < -0.39 is 0 Å². The summed E-state index contributed by atoms with van der Waals surface area (Å²) >= 11 is 3.53. The van der Waals surface area contributed by atoms with Gasteiger partial charge in [0.05, 0.1) is 17.6 Å². The first kappa shape index (κ1) is 23.3. The fraction of sp³-hybridized carbons (Fsp3) is 0.458. The van der Waals surface area contributed by atoms with Crippen molar-refractivity contribution in [1.82, 2.24) is 5.32 Å². The van der Waals surface area contributed by atoms with Crippen molar-refractivity contribution in [3.63, 3.8) is 0 Å². The number of carbonyl (C=O) groups is 1. The molecule has 0 unspecified atom stereocenters. The van der Waals surface area contributed by atoms with Gasteiger partial charge in [0.2, 0.25) is 0 Å². The van der Waals surface area contributed by atoms with Crippen LogP contribution in [0.1, 0.15) is 74.8 Å². The summed E-state index contributed by atoms with van der Waals surface area (Å²) in [6.07, 6.45) is 0. The SMILES string of the molecule is COc1cc(C)c([C@H](C)NC(=O)COc2ccc(C(C)C)cc2Br)cc1C(C)C. The molecule has 0 aliphatic carbocycles. The molecule has 0 spiro atoms. The van der Waals surface area contributed by atoms with Gasteiger partial charge in [0, 0.05) is 0 Å². The van der Waals surface area contributed by atoms with Crippen LogP contribution in [0.3, 0.4) is 0 Å². The minimum absolute atomic E-state index is 0.0315. The first-order chi connectivity index (χ1) is 13.6. The van der Waals surface area contributed by atoms with Gasteiger partial charge in [0.15, 0.2) is 6.61 Å². The molecule has 0 aliphatic rings. The molecule has 0 saturated heterocycles. The number of aryl methyl sites for hydroxylation is 1. The largest absolute Gasteiger partial charge is 0.496 e. The van der Waals surface area contributed by atoms with Gasteiger partial charge in [-0.05, 0) is 88.1 Å². The molecular formula is C24H32BrNO3. The summed E-state index contributed by atoms with van der Waals surface area (Å²) in [6, 6.07) is 10.0. The summed E-state index contributed by atoms with van der Waals surface area (Å²) < 4.78 is 12.1. The summed E-state index contributed by atoms with van der Waals surface area (Å²) in [4.78, 5) is 12.5. The Morgan fingerprint density at radius 2 is 1.69 bits per heavy atom. The lowest BCUT2D eigenvalue weighted by Crippen LogP contribution is -2.31. The number of carbonyl (C=O) groups excluding carboxylic acids is 1. The molecule has 5 heteroatoms. The number of hydrogen-bond acceptors (Lipinski definition) is 3. The molecule has 1 atom stereocenters. The smallest absolute Gasteiger partial charge is 0.258 e. The monoisotopic (exact) mass is 461 g/mol. The highest BCUT2D eigenvalue weighted by Crippen LogP contribution is 2.32. The zero-order valence-corrected chi connectivity index (χ0v) is 20.0. The Balaban J connectivity index is 2.05. The highest BCUT2D eigenvalue weighted by Gasteiger charge is 2.17. The van der Waals surface area contributed by atoms with Crippen LogP contribution in [0.25, 0.3) is 0 Å². The molecule has 2 rings (SSSR count). The van der Waals surface area contributed by atoms with Gasteiger partial charge in [0.25, 0.3) is 5.91 Å². The molecule has 0 bridgehead atoms. The molecule has 0 saturated carbocycles. The predicted molar refractivity (Wildman–Crippen MR) is 122 cm³/mol. The molecule has 0 heterocycles. The maximum atomic E-state index is 12.5. The summed E-state index contributed by atoms with van der Waals surface area (Å²) in [7, 11) is 1.69. The van der Waals surface area contributed by atoms with Crippen LogP contribution in [0.5, 0.6) is 11.5 Å². The number of amides is 1. The van der Waals surface area contributed by atoms with Gasteiger partial charge in [-0.15, -0.1) is 0 Å². The highest BCUT2D eigenvalue weighted by molar-refractivity contribution is 9.10. The van der Waals surface area contributed by atoms with Crippen LogP contribution >= 0.6 is 15.9 Å². The molecule has 1 amide bonds. The van der Waals surface area contributed by atoms with E-state index >= 15 is 0 Å². The Labute approximate surface area is 183 Å². The molecule has 0 radical (unpaired) electrons. The van der Waals surface area contributed by atoms with E-state index in [0.29, 0.717) is 17.6 Å². The lowest BCUT2D eigenvalue weighted by molar-refractivity contribution is -0.123. The number of nitrogens with one attached hydrogen (secondary N) is 1. The fourth-order valence-corrected chi connectivity index (χ4v) is 3.82. The van der Waals surface area contributed by atoms with Gasteiger partial charge in [-0.1, -0.05) is 33.8 Å². The van der Waals surface area contributed by atoms with E-state index in [9.17, 15) is 4.79 Å². The van der Waals surface area contributed by atoms with Crippen LogP contribution in [0, 0.1) is 6.92 Å². The van der Waals surface area contributed by atoms with Crippen LogP contribution in [0.2, 0.25) is 0 Å². The molecule has 2 aromatic rings. The predicted octanol–water partition coefficient (Wildman–Crippen LogP) is 6.27. The van der Waals surface area contributed by atoms with Gasteiger partial charge in [-0.25, -0.2) is 0 Å². The first-order valence-corrected chi connectivity index (χ1v) is 10.8. The Kier molecular flexibility index (Phi) is 8.14. The van der Waals surface area contributed by atoms with Crippen molar-refractivity contribution in [3.05, 3.63) is 57.1 Å². The third-order valence-electron chi connectivity index (χ3n) is 5.07. The van der Waals surface area contributed by atoms with E-state index in [1.54, 1.807) is 7.11 Å².